The minimum absolute atomic E-state index is 0.00605. The van der Waals surface area contributed by atoms with Crippen molar-refractivity contribution in [3.8, 4) is 0 Å². The normalized spacial score (nSPS) is 28.5. The van der Waals surface area contributed by atoms with Gasteiger partial charge in [0.2, 0.25) is 0 Å². The molecule has 3 fully saturated rings. The van der Waals surface area contributed by atoms with Gasteiger partial charge in [0.15, 0.2) is 6.10 Å². The quantitative estimate of drug-likeness (QED) is 0.0238. The molecule has 0 amide bonds. The van der Waals surface area contributed by atoms with Crippen LogP contribution in [0, 0.1) is 46.3 Å². The zero-order chi connectivity index (χ0) is 47.5. The second-order valence-electron chi connectivity index (χ2n) is 22.9. The number of carbonyl (C=O) groups is 2. The average molecular weight is 935 g/mol. The second-order valence-corrected chi connectivity index (χ2v) is 24.3. The standard InChI is InChI=1S/C54H96NO9P/c1-10-11-12-13-14-15-16-17-18-19-20-21-22-23-24-28-51(56)60-40-46(41-62-65(58,59)61-38-37-55(7,8)9)64-52(57)63-45-33-35-53(5)44(39-45)29-30-47-49-32-31-48(43(4)27-25-26-42(2)3)54(49,6)36-34-50(47)53/h17-18,29,42-43,45-50H,10-16,19-28,30-41H2,1-9H3/p+1/b18-17+/t43-,45+,46?,47+,48-,49+,50+,53+,54-/m1/s1. The SMILES string of the molecule is CCCCCCCC/C=C/CCCCCCCC(=O)OCC(COP(=O)(O)OCC[N+](C)(C)C)OC(=O)O[C@H]1CC[C@@]2(C)C(=CC[C@H]3[C@@H]4CC[C@H]([C@H](C)CCCC(C)C)[C@@]4(C)CC[C@@H]32)C1. The van der Waals surface area contributed by atoms with Crippen LogP contribution in [0.1, 0.15) is 202 Å². The van der Waals surface area contributed by atoms with E-state index in [0.29, 0.717) is 35.2 Å². The highest BCUT2D eigenvalue weighted by molar-refractivity contribution is 7.47. The molecule has 10 nitrogen and oxygen atoms in total. The molecule has 0 bridgehead atoms. The number of rotatable bonds is 31. The molecule has 4 aliphatic carbocycles. The number of phosphoric ester groups is 1. The summed E-state index contributed by atoms with van der Waals surface area (Å²) in [5.41, 5.74) is 1.96. The van der Waals surface area contributed by atoms with Crippen LogP contribution in [-0.4, -0.2) is 81.2 Å². The third kappa shape index (κ3) is 18.6. The van der Waals surface area contributed by atoms with E-state index in [4.69, 9.17) is 23.3 Å². The molecule has 0 saturated heterocycles. The lowest BCUT2D eigenvalue weighted by atomic mass is 9.47. The van der Waals surface area contributed by atoms with E-state index < -0.39 is 32.7 Å². The molecule has 3 saturated carbocycles. The third-order valence-corrected chi connectivity index (χ3v) is 17.3. The maximum Gasteiger partial charge on any atom is 0.509 e. The molecule has 65 heavy (non-hydrogen) atoms. The summed E-state index contributed by atoms with van der Waals surface area (Å²) < 4.78 is 41.0. The molecule has 0 heterocycles. The molecule has 4 aliphatic rings. The molecule has 10 atom stereocenters. The van der Waals surface area contributed by atoms with E-state index in [1.807, 2.05) is 21.1 Å². The van der Waals surface area contributed by atoms with Gasteiger partial charge in [0.05, 0.1) is 27.7 Å². The number of phosphoric acid groups is 1. The fourth-order valence-electron chi connectivity index (χ4n) is 12.4. The van der Waals surface area contributed by atoms with Crippen molar-refractivity contribution in [2.45, 2.75) is 214 Å². The van der Waals surface area contributed by atoms with Gasteiger partial charge in [-0.25, -0.2) is 9.36 Å². The van der Waals surface area contributed by atoms with Crippen LogP contribution >= 0.6 is 7.82 Å². The van der Waals surface area contributed by atoms with Gasteiger partial charge in [0, 0.05) is 12.8 Å². The highest BCUT2D eigenvalue weighted by atomic mass is 31.2. The summed E-state index contributed by atoms with van der Waals surface area (Å²) in [7, 11) is 1.39. The average Bonchev–Trinajstić information content (AvgIpc) is 3.60. The first-order valence-corrected chi connectivity index (χ1v) is 28.2. The predicted octanol–water partition coefficient (Wildman–Crippen LogP) is 14.3. The smallest absolute Gasteiger partial charge is 0.462 e. The van der Waals surface area contributed by atoms with E-state index in [-0.39, 0.29) is 31.2 Å². The van der Waals surface area contributed by atoms with Gasteiger partial charge in [0.1, 0.15) is 25.9 Å². The predicted molar refractivity (Wildman–Crippen MR) is 263 cm³/mol. The van der Waals surface area contributed by atoms with Crippen LogP contribution in [0.3, 0.4) is 0 Å². The summed E-state index contributed by atoms with van der Waals surface area (Å²) in [5, 5.41) is 0. The van der Waals surface area contributed by atoms with Crippen molar-refractivity contribution in [2.75, 3.05) is 47.5 Å². The molecule has 11 heteroatoms. The Hall–Kier alpha value is -1.71. The zero-order valence-corrected chi connectivity index (χ0v) is 43.9. The Balaban J connectivity index is 1.23. The van der Waals surface area contributed by atoms with Crippen LogP contribution in [-0.2, 0) is 32.6 Å². The number of hydrogen-bond acceptors (Lipinski definition) is 8. The van der Waals surface area contributed by atoms with Gasteiger partial charge in [-0.1, -0.05) is 136 Å². The molecular formula is C54H97NO9P+. The summed E-state index contributed by atoms with van der Waals surface area (Å²) in [4.78, 5) is 36.6. The van der Waals surface area contributed by atoms with E-state index in [2.05, 4.69) is 59.8 Å². The molecule has 0 aromatic rings. The van der Waals surface area contributed by atoms with Gasteiger partial charge in [-0.2, -0.15) is 0 Å². The van der Waals surface area contributed by atoms with Crippen molar-refractivity contribution in [1.29, 1.82) is 0 Å². The van der Waals surface area contributed by atoms with Crippen LogP contribution in [0.4, 0.5) is 4.79 Å². The van der Waals surface area contributed by atoms with E-state index in [9.17, 15) is 19.0 Å². The Morgan fingerprint density at radius 1 is 0.831 bits per heavy atom. The summed E-state index contributed by atoms with van der Waals surface area (Å²) in [6.07, 6.45) is 33.1. The molecule has 2 unspecified atom stereocenters. The van der Waals surface area contributed by atoms with Crippen molar-refractivity contribution in [3.63, 3.8) is 0 Å². The molecular weight excluding hydrogens is 838 g/mol. The number of esters is 1. The topological polar surface area (TPSA) is 118 Å². The first kappa shape index (κ1) is 55.9. The number of hydrogen-bond donors (Lipinski definition) is 1. The van der Waals surface area contributed by atoms with E-state index >= 15 is 0 Å². The summed E-state index contributed by atoms with van der Waals surface area (Å²) in [6, 6.07) is 0. The zero-order valence-electron chi connectivity index (χ0n) is 43.0. The number of unbranched alkanes of at least 4 members (excludes halogenated alkanes) is 11. The number of likely N-dealkylation sites (N-methyl/N-ethyl adjacent to an activating group) is 1. The lowest BCUT2D eigenvalue weighted by Gasteiger charge is -2.58. The number of nitrogens with zero attached hydrogens (tertiary/aromatic N) is 1. The van der Waals surface area contributed by atoms with Crippen LogP contribution in [0.25, 0.3) is 0 Å². The Labute approximate surface area is 397 Å². The fourth-order valence-corrected chi connectivity index (χ4v) is 13.2. The first-order chi connectivity index (χ1) is 30.9. The van der Waals surface area contributed by atoms with Crippen LogP contribution in [0.2, 0.25) is 0 Å². The lowest BCUT2D eigenvalue weighted by molar-refractivity contribution is -0.870. The number of carbonyl (C=O) groups excluding carboxylic acids is 2. The van der Waals surface area contributed by atoms with Gasteiger partial charge >= 0.3 is 19.9 Å². The molecule has 0 aliphatic heterocycles. The first-order valence-electron chi connectivity index (χ1n) is 26.7. The number of quaternary nitrogens is 1. The Morgan fingerprint density at radius 3 is 2.18 bits per heavy atom. The van der Waals surface area contributed by atoms with Crippen molar-refractivity contribution in [3.05, 3.63) is 23.8 Å². The van der Waals surface area contributed by atoms with Crippen LogP contribution in [0.5, 0.6) is 0 Å². The van der Waals surface area contributed by atoms with Crippen LogP contribution in [0.15, 0.2) is 23.8 Å². The van der Waals surface area contributed by atoms with Crippen molar-refractivity contribution in [1.82, 2.24) is 0 Å². The maximum atomic E-state index is 13.4. The molecule has 0 radical (unpaired) electrons. The molecule has 0 spiro atoms. The van der Waals surface area contributed by atoms with Gasteiger partial charge in [-0.3, -0.25) is 13.8 Å². The number of allylic oxidation sites excluding steroid dienone is 3. The van der Waals surface area contributed by atoms with Gasteiger partial charge in [0.25, 0.3) is 0 Å². The summed E-state index contributed by atoms with van der Waals surface area (Å²) in [5.74, 6) is 4.15. The van der Waals surface area contributed by atoms with Gasteiger partial charge < -0.3 is 23.6 Å². The van der Waals surface area contributed by atoms with Crippen molar-refractivity contribution in [2.24, 2.45) is 46.3 Å². The van der Waals surface area contributed by atoms with Crippen molar-refractivity contribution < 1.29 is 46.8 Å². The Morgan fingerprint density at radius 2 is 1.51 bits per heavy atom. The van der Waals surface area contributed by atoms with Gasteiger partial charge in [-0.15, -0.1) is 0 Å². The van der Waals surface area contributed by atoms with E-state index in [0.717, 1.165) is 81.0 Å². The fraction of sp³-hybridized carbons (Fsp3) is 0.889. The lowest BCUT2D eigenvalue weighted by Crippen LogP contribution is -2.51. The maximum absolute atomic E-state index is 13.4. The molecule has 4 rings (SSSR count). The van der Waals surface area contributed by atoms with Crippen molar-refractivity contribution >= 4 is 19.9 Å². The second kappa shape index (κ2) is 27.5. The summed E-state index contributed by atoms with van der Waals surface area (Å²) >= 11 is 0. The largest absolute Gasteiger partial charge is 0.509 e. The highest BCUT2D eigenvalue weighted by Gasteiger charge is 2.59. The number of fused-ring (bicyclic) bond motifs is 5. The molecule has 1 N–H and O–H groups in total. The van der Waals surface area contributed by atoms with Crippen LogP contribution < -0.4 is 0 Å². The highest BCUT2D eigenvalue weighted by Crippen LogP contribution is 2.67. The van der Waals surface area contributed by atoms with E-state index in [1.165, 1.54) is 95.5 Å². The minimum Gasteiger partial charge on any atom is -0.462 e. The molecule has 0 aromatic heterocycles. The molecule has 376 valence electrons. The van der Waals surface area contributed by atoms with E-state index in [1.54, 1.807) is 0 Å². The third-order valence-electron chi connectivity index (χ3n) is 16.3. The monoisotopic (exact) mass is 935 g/mol. The minimum atomic E-state index is -4.46. The number of ether oxygens (including phenoxy) is 3. The molecule has 0 aromatic carbocycles. The van der Waals surface area contributed by atoms with Gasteiger partial charge in [-0.05, 0) is 123 Å². The Kier molecular flexibility index (Phi) is 23.6. The Bertz CT molecular complexity index is 1530. The summed E-state index contributed by atoms with van der Waals surface area (Å²) in [6.45, 7) is 14.3.